The Morgan fingerprint density at radius 1 is 1.21 bits per heavy atom. The molecule has 0 amide bonds. The molecule has 28 heavy (non-hydrogen) atoms. The SMILES string of the molecule is Cn1nc(-c2nccn2[C@@H]2CCCN3CCC[C@H]23)c2c(Cl)cccc21.O=CO. The molecule has 2 saturated heterocycles. The first kappa shape index (κ1) is 19.0. The minimum Gasteiger partial charge on any atom is -0.483 e. The van der Waals surface area contributed by atoms with Crippen LogP contribution in [-0.4, -0.2) is 54.9 Å². The second-order valence-electron chi connectivity index (χ2n) is 7.32. The van der Waals surface area contributed by atoms with Gasteiger partial charge in [-0.25, -0.2) is 4.98 Å². The molecule has 0 spiro atoms. The predicted molar refractivity (Wildman–Crippen MR) is 109 cm³/mol. The number of aryl methyl sites for hydroxylation is 1. The zero-order chi connectivity index (χ0) is 19.7. The first-order chi connectivity index (χ1) is 13.7. The number of rotatable bonds is 2. The molecule has 8 heteroatoms. The van der Waals surface area contributed by atoms with Crippen molar-refractivity contribution in [1.29, 1.82) is 0 Å². The van der Waals surface area contributed by atoms with Gasteiger partial charge in [0.2, 0.25) is 0 Å². The summed E-state index contributed by atoms with van der Waals surface area (Å²) >= 11 is 6.52. The van der Waals surface area contributed by atoms with Crippen molar-refractivity contribution in [3.05, 3.63) is 35.6 Å². The minimum absolute atomic E-state index is 0.250. The van der Waals surface area contributed by atoms with E-state index in [1.54, 1.807) is 0 Å². The van der Waals surface area contributed by atoms with Crippen LogP contribution >= 0.6 is 11.6 Å². The van der Waals surface area contributed by atoms with E-state index in [9.17, 15) is 0 Å². The van der Waals surface area contributed by atoms with Crippen molar-refractivity contribution in [3.8, 4) is 11.5 Å². The molecular formula is C20H24ClN5O2. The number of fused-ring (bicyclic) bond motifs is 2. The Morgan fingerprint density at radius 2 is 1.93 bits per heavy atom. The fourth-order valence-corrected chi connectivity index (χ4v) is 5.04. The molecule has 2 fully saturated rings. The van der Waals surface area contributed by atoms with Gasteiger partial charge in [-0.05, 0) is 50.9 Å². The quantitative estimate of drug-likeness (QED) is 0.664. The second kappa shape index (κ2) is 7.93. The zero-order valence-corrected chi connectivity index (χ0v) is 16.6. The summed E-state index contributed by atoms with van der Waals surface area (Å²) in [5.41, 5.74) is 1.94. The molecule has 2 aromatic heterocycles. The van der Waals surface area contributed by atoms with E-state index < -0.39 is 0 Å². The molecule has 0 radical (unpaired) electrons. The largest absolute Gasteiger partial charge is 0.483 e. The highest BCUT2D eigenvalue weighted by Crippen LogP contribution is 2.39. The number of hydrogen-bond donors (Lipinski definition) is 1. The first-order valence-corrected chi connectivity index (χ1v) is 9.99. The normalized spacial score (nSPS) is 21.9. The van der Waals surface area contributed by atoms with Gasteiger partial charge in [0.15, 0.2) is 5.82 Å². The highest BCUT2D eigenvalue weighted by molar-refractivity contribution is 6.36. The molecule has 7 nitrogen and oxygen atoms in total. The smallest absolute Gasteiger partial charge is 0.290 e. The average molecular weight is 402 g/mol. The topological polar surface area (TPSA) is 76.2 Å². The van der Waals surface area contributed by atoms with Gasteiger partial charge >= 0.3 is 0 Å². The van der Waals surface area contributed by atoms with Crippen molar-refractivity contribution in [1.82, 2.24) is 24.2 Å². The van der Waals surface area contributed by atoms with Crippen LogP contribution in [0.2, 0.25) is 5.02 Å². The summed E-state index contributed by atoms with van der Waals surface area (Å²) in [6.45, 7) is 2.23. The Morgan fingerprint density at radius 3 is 2.68 bits per heavy atom. The third kappa shape index (κ3) is 3.18. The molecule has 0 unspecified atom stereocenters. The number of hydrogen-bond acceptors (Lipinski definition) is 4. The Balaban J connectivity index is 0.000000604. The molecule has 2 aliphatic rings. The number of nitrogens with zero attached hydrogens (tertiary/aromatic N) is 5. The average Bonchev–Trinajstić information content (AvgIpc) is 3.41. The van der Waals surface area contributed by atoms with Crippen LogP contribution in [0.4, 0.5) is 0 Å². The van der Waals surface area contributed by atoms with Crippen LogP contribution in [-0.2, 0) is 11.8 Å². The first-order valence-electron chi connectivity index (χ1n) is 9.62. The maximum absolute atomic E-state index is 8.36. The number of halogens is 1. The van der Waals surface area contributed by atoms with Gasteiger partial charge < -0.3 is 9.67 Å². The van der Waals surface area contributed by atoms with E-state index in [1.807, 2.05) is 30.1 Å². The third-order valence-corrected chi connectivity index (χ3v) is 6.18. The van der Waals surface area contributed by atoms with E-state index >= 15 is 0 Å². The highest BCUT2D eigenvalue weighted by Gasteiger charge is 2.36. The van der Waals surface area contributed by atoms with Crippen molar-refractivity contribution in [2.75, 3.05) is 13.1 Å². The van der Waals surface area contributed by atoms with Gasteiger partial charge in [0.25, 0.3) is 6.47 Å². The molecule has 2 atom stereocenters. The van der Waals surface area contributed by atoms with Gasteiger partial charge in [-0.2, -0.15) is 5.10 Å². The van der Waals surface area contributed by atoms with Crippen molar-refractivity contribution in [2.24, 2.45) is 7.05 Å². The second-order valence-corrected chi connectivity index (χ2v) is 7.73. The molecule has 1 aromatic carbocycles. The van der Waals surface area contributed by atoms with E-state index in [0.29, 0.717) is 12.1 Å². The van der Waals surface area contributed by atoms with Crippen LogP contribution in [0, 0.1) is 0 Å². The molecule has 1 N–H and O–H groups in total. The van der Waals surface area contributed by atoms with Crippen LogP contribution in [0.15, 0.2) is 30.6 Å². The van der Waals surface area contributed by atoms with Gasteiger partial charge in [-0.3, -0.25) is 14.4 Å². The minimum atomic E-state index is -0.250. The Kier molecular flexibility index (Phi) is 5.37. The molecule has 0 bridgehead atoms. The standard InChI is InChI=1S/C19H22ClN5.CH2O2/c1-23-16-6-2-5-13(20)17(16)18(22-23)19-21-9-12-25(19)15-8-4-11-24-10-3-7-14(15)24;2-1-3/h2,5-6,9,12,14-15H,3-4,7-8,10-11H2,1H3;1H,(H,2,3)/t14-,15-;/m1./s1. The Labute approximate surface area is 168 Å². The molecule has 2 aliphatic heterocycles. The molecule has 4 heterocycles. The molecule has 5 rings (SSSR count). The predicted octanol–water partition coefficient (Wildman–Crippen LogP) is 3.59. The van der Waals surface area contributed by atoms with E-state index in [0.717, 1.165) is 27.4 Å². The lowest BCUT2D eigenvalue weighted by Crippen LogP contribution is -2.41. The number of aromatic nitrogens is 4. The number of carboxylic acid groups (broad SMARTS) is 1. The van der Waals surface area contributed by atoms with Crippen molar-refractivity contribution in [2.45, 2.75) is 37.8 Å². The number of carbonyl (C=O) groups is 1. The summed E-state index contributed by atoms with van der Waals surface area (Å²) in [5.74, 6) is 0.942. The van der Waals surface area contributed by atoms with Gasteiger partial charge in [0, 0.05) is 30.9 Å². The van der Waals surface area contributed by atoms with E-state index in [-0.39, 0.29) is 6.47 Å². The molecule has 3 aromatic rings. The van der Waals surface area contributed by atoms with E-state index in [4.69, 9.17) is 31.6 Å². The van der Waals surface area contributed by atoms with Crippen molar-refractivity contribution < 1.29 is 9.90 Å². The van der Waals surface area contributed by atoms with E-state index in [1.165, 1.54) is 38.8 Å². The molecular weight excluding hydrogens is 378 g/mol. The fraction of sp³-hybridized carbons (Fsp3) is 0.450. The van der Waals surface area contributed by atoms with Crippen molar-refractivity contribution >= 4 is 29.0 Å². The maximum Gasteiger partial charge on any atom is 0.290 e. The number of piperidine rings is 1. The molecule has 0 aliphatic carbocycles. The molecule has 0 saturated carbocycles. The fourth-order valence-electron chi connectivity index (χ4n) is 4.78. The van der Waals surface area contributed by atoms with E-state index in [2.05, 4.69) is 21.7 Å². The Bertz CT molecular complexity index is 982. The monoisotopic (exact) mass is 401 g/mol. The lowest BCUT2D eigenvalue weighted by Gasteiger charge is -2.37. The summed E-state index contributed by atoms with van der Waals surface area (Å²) in [6, 6.07) is 7.08. The van der Waals surface area contributed by atoms with Gasteiger partial charge in [-0.1, -0.05) is 17.7 Å². The van der Waals surface area contributed by atoms with Gasteiger partial charge in [0.1, 0.15) is 5.69 Å². The van der Waals surface area contributed by atoms with Crippen molar-refractivity contribution in [3.63, 3.8) is 0 Å². The maximum atomic E-state index is 8.36. The highest BCUT2D eigenvalue weighted by atomic mass is 35.5. The third-order valence-electron chi connectivity index (χ3n) is 5.87. The summed E-state index contributed by atoms with van der Waals surface area (Å²) in [5, 5.41) is 13.4. The summed E-state index contributed by atoms with van der Waals surface area (Å²) < 4.78 is 4.26. The summed E-state index contributed by atoms with van der Waals surface area (Å²) in [4.78, 5) is 15.7. The van der Waals surface area contributed by atoms with Crippen LogP contribution in [0.1, 0.15) is 31.7 Å². The van der Waals surface area contributed by atoms with Crippen LogP contribution < -0.4 is 0 Å². The molecule has 148 valence electrons. The zero-order valence-electron chi connectivity index (χ0n) is 15.8. The summed E-state index contributed by atoms with van der Waals surface area (Å²) in [6.07, 6.45) is 9.08. The number of benzene rings is 1. The lowest BCUT2D eigenvalue weighted by atomic mass is 9.96. The van der Waals surface area contributed by atoms with Gasteiger partial charge in [-0.15, -0.1) is 0 Å². The Hall–Kier alpha value is -2.38. The van der Waals surface area contributed by atoms with Crippen LogP contribution in [0.5, 0.6) is 0 Å². The lowest BCUT2D eigenvalue weighted by molar-refractivity contribution is -0.122. The van der Waals surface area contributed by atoms with Crippen LogP contribution in [0.25, 0.3) is 22.4 Å². The number of imidazole rings is 1. The van der Waals surface area contributed by atoms with Crippen LogP contribution in [0.3, 0.4) is 0 Å². The summed E-state index contributed by atoms with van der Waals surface area (Å²) in [7, 11) is 1.97. The van der Waals surface area contributed by atoms with Gasteiger partial charge in [0.05, 0.1) is 16.6 Å².